The van der Waals surface area contributed by atoms with Crippen LogP contribution in [0, 0.1) is 0 Å². The summed E-state index contributed by atoms with van der Waals surface area (Å²) in [7, 11) is 0. The van der Waals surface area contributed by atoms with Crippen molar-refractivity contribution in [1.82, 2.24) is 0 Å². The van der Waals surface area contributed by atoms with Crippen LogP contribution < -0.4 is 4.74 Å². The van der Waals surface area contributed by atoms with Crippen molar-refractivity contribution in [2.45, 2.75) is 12.5 Å². The number of para-hydroxylation sites is 1. The number of hydrogen-bond acceptors (Lipinski definition) is 3. The molecule has 0 bridgehead atoms. The number of ether oxygens (including phenoxy) is 2. The van der Waals surface area contributed by atoms with E-state index in [1.165, 1.54) is 0 Å². The number of carbonyl (C=O) groups is 1. The first-order chi connectivity index (χ1) is 9.34. The molecule has 0 fully saturated rings. The molecule has 0 amide bonds. The average molecular weight is 254 g/mol. The summed E-state index contributed by atoms with van der Waals surface area (Å²) in [6.07, 6.45) is 0.466. The fourth-order valence-corrected chi connectivity index (χ4v) is 2.20. The van der Waals surface area contributed by atoms with Crippen LogP contribution in [0.2, 0.25) is 0 Å². The van der Waals surface area contributed by atoms with Gasteiger partial charge in [0.05, 0.1) is 12.2 Å². The molecule has 0 aliphatic carbocycles. The molecule has 0 saturated heterocycles. The van der Waals surface area contributed by atoms with Gasteiger partial charge in [-0.1, -0.05) is 36.4 Å². The summed E-state index contributed by atoms with van der Waals surface area (Å²) < 4.78 is 11.1. The smallest absolute Gasteiger partial charge is 0.338 e. The van der Waals surface area contributed by atoms with Crippen LogP contribution in [0.5, 0.6) is 5.75 Å². The number of rotatable bonds is 2. The summed E-state index contributed by atoms with van der Waals surface area (Å²) >= 11 is 0. The maximum atomic E-state index is 12.1. The predicted octanol–water partition coefficient (Wildman–Crippen LogP) is 3.37. The Morgan fingerprint density at radius 3 is 2.63 bits per heavy atom. The lowest BCUT2D eigenvalue weighted by atomic mass is 10.0. The van der Waals surface area contributed by atoms with Crippen molar-refractivity contribution >= 4 is 5.97 Å². The Morgan fingerprint density at radius 2 is 1.79 bits per heavy atom. The van der Waals surface area contributed by atoms with Crippen LogP contribution in [-0.2, 0) is 4.74 Å². The molecule has 1 aliphatic heterocycles. The molecule has 2 aromatic rings. The minimum absolute atomic E-state index is 0.224. The SMILES string of the molecule is O=C(O[C@H]1CCOc2ccccc21)c1ccccc1. The molecule has 3 heteroatoms. The van der Waals surface area contributed by atoms with Crippen LogP contribution in [0.1, 0.15) is 28.4 Å². The highest BCUT2D eigenvalue weighted by Crippen LogP contribution is 2.34. The van der Waals surface area contributed by atoms with Crippen molar-refractivity contribution in [3.05, 3.63) is 65.7 Å². The Hall–Kier alpha value is -2.29. The van der Waals surface area contributed by atoms with Crippen LogP contribution in [-0.4, -0.2) is 12.6 Å². The maximum Gasteiger partial charge on any atom is 0.338 e. The number of benzene rings is 2. The summed E-state index contributed by atoms with van der Waals surface area (Å²) in [6, 6.07) is 16.7. The number of hydrogen-bond donors (Lipinski definition) is 0. The van der Waals surface area contributed by atoms with E-state index in [4.69, 9.17) is 9.47 Å². The van der Waals surface area contributed by atoms with Gasteiger partial charge in [0.1, 0.15) is 11.9 Å². The van der Waals surface area contributed by atoms with Crippen molar-refractivity contribution in [3.63, 3.8) is 0 Å². The first-order valence-corrected chi connectivity index (χ1v) is 6.32. The minimum atomic E-state index is -0.290. The zero-order chi connectivity index (χ0) is 13.1. The molecule has 1 aliphatic rings. The Balaban J connectivity index is 1.80. The third-order valence-corrected chi connectivity index (χ3v) is 3.16. The van der Waals surface area contributed by atoms with Crippen LogP contribution in [0.25, 0.3) is 0 Å². The van der Waals surface area contributed by atoms with Crippen LogP contribution in [0.15, 0.2) is 54.6 Å². The Bertz CT molecular complexity index is 578. The van der Waals surface area contributed by atoms with E-state index in [1.807, 2.05) is 42.5 Å². The summed E-state index contributed by atoms with van der Waals surface area (Å²) in [5.41, 5.74) is 1.52. The number of fused-ring (bicyclic) bond motifs is 1. The zero-order valence-corrected chi connectivity index (χ0v) is 10.4. The molecule has 0 saturated carbocycles. The normalized spacial score (nSPS) is 17.2. The molecule has 19 heavy (non-hydrogen) atoms. The molecular formula is C16H14O3. The second kappa shape index (κ2) is 5.14. The van der Waals surface area contributed by atoms with Gasteiger partial charge in [0.2, 0.25) is 0 Å². The van der Waals surface area contributed by atoms with E-state index in [-0.39, 0.29) is 12.1 Å². The molecule has 0 N–H and O–H groups in total. The van der Waals surface area contributed by atoms with Crippen molar-refractivity contribution in [2.75, 3.05) is 6.61 Å². The van der Waals surface area contributed by atoms with E-state index in [0.29, 0.717) is 18.6 Å². The van der Waals surface area contributed by atoms with Gasteiger partial charge in [0.25, 0.3) is 0 Å². The average Bonchev–Trinajstić information content (AvgIpc) is 2.48. The molecule has 0 radical (unpaired) electrons. The van der Waals surface area contributed by atoms with E-state index in [1.54, 1.807) is 12.1 Å². The standard InChI is InChI=1S/C16H14O3/c17-16(12-6-2-1-3-7-12)19-15-10-11-18-14-9-5-4-8-13(14)15/h1-9,15H,10-11H2/t15-/m0/s1. The lowest BCUT2D eigenvalue weighted by molar-refractivity contribution is 0.0193. The fourth-order valence-electron chi connectivity index (χ4n) is 2.20. The second-order valence-corrected chi connectivity index (χ2v) is 4.43. The second-order valence-electron chi connectivity index (χ2n) is 4.43. The molecule has 0 spiro atoms. The molecular weight excluding hydrogens is 240 g/mol. The van der Waals surface area contributed by atoms with E-state index < -0.39 is 0 Å². The first-order valence-electron chi connectivity index (χ1n) is 6.32. The van der Waals surface area contributed by atoms with Gasteiger partial charge in [-0.2, -0.15) is 0 Å². The van der Waals surface area contributed by atoms with Gasteiger partial charge < -0.3 is 9.47 Å². The topological polar surface area (TPSA) is 35.5 Å². The maximum absolute atomic E-state index is 12.1. The van der Waals surface area contributed by atoms with Crippen molar-refractivity contribution in [2.24, 2.45) is 0 Å². The van der Waals surface area contributed by atoms with Gasteiger partial charge >= 0.3 is 5.97 Å². The third-order valence-electron chi connectivity index (χ3n) is 3.16. The fraction of sp³-hybridized carbons (Fsp3) is 0.188. The third kappa shape index (κ3) is 2.45. The Morgan fingerprint density at radius 1 is 1.05 bits per heavy atom. The Labute approximate surface area is 111 Å². The lowest BCUT2D eigenvalue weighted by Gasteiger charge is -2.25. The number of carbonyl (C=O) groups excluding carboxylic acids is 1. The monoisotopic (exact) mass is 254 g/mol. The van der Waals surface area contributed by atoms with Crippen LogP contribution in [0.4, 0.5) is 0 Å². The molecule has 2 aromatic carbocycles. The summed E-state index contributed by atoms with van der Waals surface area (Å²) in [4.78, 5) is 12.1. The molecule has 1 atom stereocenters. The van der Waals surface area contributed by atoms with E-state index in [9.17, 15) is 4.79 Å². The predicted molar refractivity (Wildman–Crippen MR) is 71.2 cm³/mol. The minimum Gasteiger partial charge on any atom is -0.493 e. The summed E-state index contributed by atoms with van der Waals surface area (Å²) in [5.74, 6) is 0.516. The quantitative estimate of drug-likeness (QED) is 0.771. The lowest BCUT2D eigenvalue weighted by Crippen LogP contribution is -2.19. The molecule has 1 heterocycles. The van der Waals surface area contributed by atoms with E-state index >= 15 is 0 Å². The molecule has 3 rings (SSSR count). The highest BCUT2D eigenvalue weighted by molar-refractivity contribution is 5.89. The largest absolute Gasteiger partial charge is 0.493 e. The van der Waals surface area contributed by atoms with Gasteiger partial charge in [-0.15, -0.1) is 0 Å². The summed E-state index contributed by atoms with van der Waals surface area (Å²) in [6.45, 7) is 0.573. The first kappa shape index (κ1) is 11.8. The number of esters is 1. The van der Waals surface area contributed by atoms with Crippen LogP contribution in [0.3, 0.4) is 0 Å². The van der Waals surface area contributed by atoms with Gasteiger partial charge in [0.15, 0.2) is 0 Å². The molecule has 96 valence electrons. The highest BCUT2D eigenvalue weighted by atomic mass is 16.6. The van der Waals surface area contributed by atoms with Gasteiger partial charge in [-0.3, -0.25) is 0 Å². The molecule has 0 aromatic heterocycles. The van der Waals surface area contributed by atoms with Crippen molar-refractivity contribution in [1.29, 1.82) is 0 Å². The zero-order valence-electron chi connectivity index (χ0n) is 10.4. The van der Waals surface area contributed by atoms with Crippen LogP contribution >= 0.6 is 0 Å². The summed E-state index contributed by atoms with van der Waals surface area (Å²) in [5, 5.41) is 0. The van der Waals surface area contributed by atoms with Gasteiger partial charge in [0, 0.05) is 12.0 Å². The van der Waals surface area contributed by atoms with E-state index in [0.717, 1.165) is 11.3 Å². The van der Waals surface area contributed by atoms with Gasteiger partial charge in [-0.05, 0) is 18.2 Å². The Kier molecular flexibility index (Phi) is 3.19. The van der Waals surface area contributed by atoms with Crippen molar-refractivity contribution in [3.8, 4) is 5.75 Å². The molecule has 3 nitrogen and oxygen atoms in total. The van der Waals surface area contributed by atoms with E-state index in [2.05, 4.69) is 0 Å². The van der Waals surface area contributed by atoms with Crippen molar-refractivity contribution < 1.29 is 14.3 Å². The van der Waals surface area contributed by atoms with Gasteiger partial charge in [-0.25, -0.2) is 4.79 Å². The highest BCUT2D eigenvalue weighted by Gasteiger charge is 2.24. The molecule has 0 unspecified atom stereocenters.